The topological polar surface area (TPSA) is 64.7 Å². The third-order valence-corrected chi connectivity index (χ3v) is 6.45. The first-order chi connectivity index (χ1) is 15.6. The van der Waals surface area contributed by atoms with Gasteiger partial charge >= 0.3 is 6.03 Å². The monoisotopic (exact) mass is 438 g/mol. The van der Waals surface area contributed by atoms with Crippen molar-refractivity contribution in [3.05, 3.63) is 54.3 Å². The van der Waals surface area contributed by atoms with Crippen molar-refractivity contribution in [1.29, 1.82) is 0 Å². The predicted molar refractivity (Wildman–Crippen MR) is 125 cm³/mol. The van der Waals surface area contributed by atoms with Gasteiger partial charge in [-0.05, 0) is 54.8 Å². The molecule has 0 unspecified atom stereocenters. The maximum absolute atomic E-state index is 13.2. The molecule has 2 aliphatic rings. The molecule has 2 fully saturated rings. The summed E-state index contributed by atoms with van der Waals surface area (Å²) in [5.74, 6) is 0.645. The number of rotatable bonds is 6. The first-order valence-corrected chi connectivity index (χ1v) is 11.5. The van der Waals surface area contributed by atoms with Gasteiger partial charge in [0.15, 0.2) is 0 Å². The summed E-state index contributed by atoms with van der Waals surface area (Å²) in [6, 6.07) is 13.0. The van der Waals surface area contributed by atoms with Crippen LogP contribution in [0.2, 0.25) is 0 Å². The summed E-state index contributed by atoms with van der Waals surface area (Å²) in [4.78, 5) is 28.9. The van der Waals surface area contributed by atoms with Crippen LogP contribution in [-0.2, 0) is 4.79 Å². The van der Waals surface area contributed by atoms with Crippen molar-refractivity contribution in [2.24, 2.45) is 5.92 Å². The summed E-state index contributed by atoms with van der Waals surface area (Å²) in [6.45, 7) is 3.11. The van der Waals surface area contributed by atoms with E-state index in [0.29, 0.717) is 23.7 Å². The number of anilines is 3. The zero-order valence-corrected chi connectivity index (χ0v) is 18.4. The fourth-order valence-electron chi connectivity index (χ4n) is 4.61. The van der Waals surface area contributed by atoms with Crippen molar-refractivity contribution in [1.82, 2.24) is 4.90 Å². The molecule has 1 aliphatic heterocycles. The Bertz CT molecular complexity index is 920. The van der Waals surface area contributed by atoms with Crippen LogP contribution >= 0.6 is 0 Å². The van der Waals surface area contributed by atoms with Crippen LogP contribution in [0, 0.1) is 11.7 Å². The molecule has 32 heavy (non-hydrogen) atoms. The lowest BCUT2D eigenvalue weighted by atomic mass is 10.0. The Kier molecular flexibility index (Phi) is 7.24. The molecule has 2 N–H and O–H groups in total. The van der Waals surface area contributed by atoms with Crippen LogP contribution in [0.4, 0.5) is 26.2 Å². The van der Waals surface area contributed by atoms with Crippen molar-refractivity contribution < 1.29 is 14.0 Å². The maximum Gasteiger partial charge on any atom is 0.323 e. The second-order valence-corrected chi connectivity index (χ2v) is 8.69. The van der Waals surface area contributed by atoms with E-state index < -0.39 is 11.8 Å². The van der Waals surface area contributed by atoms with E-state index in [1.165, 1.54) is 37.8 Å². The van der Waals surface area contributed by atoms with Crippen molar-refractivity contribution in [2.75, 3.05) is 41.7 Å². The van der Waals surface area contributed by atoms with E-state index in [-0.39, 0.29) is 0 Å². The molecule has 0 aromatic heterocycles. The molecule has 6 nitrogen and oxygen atoms in total. The summed E-state index contributed by atoms with van der Waals surface area (Å²) in [5.41, 5.74) is 2.12. The van der Waals surface area contributed by atoms with E-state index >= 15 is 0 Å². The average molecular weight is 439 g/mol. The van der Waals surface area contributed by atoms with E-state index in [9.17, 15) is 14.0 Å². The summed E-state index contributed by atoms with van der Waals surface area (Å²) < 4.78 is 13.2. The third kappa shape index (κ3) is 5.99. The maximum atomic E-state index is 13.2. The van der Waals surface area contributed by atoms with Gasteiger partial charge < -0.3 is 20.4 Å². The van der Waals surface area contributed by atoms with Gasteiger partial charge in [0.1, 0.15) is 5.82 Å². The minimum absolute atomic E-state index is 0.292. The van der Waals surface area contributed by atoms with E-state index in [1.54, 1.807) is 12.1 Å². The SMILES string of the molecule is O=C(Nc1ccc(N2CCN(C(=O)CCC3CCCC3)CC2)cc1)Nc1cccc(F)c1. The molecule has 7 heteroatoms. The van der Waals surface area contributed by atoms with Crippen LogP contribution in [0.3, 0.4) is 0 Å². The quantitative estimate of drug-likeness (QED) is 0.660. The van der Waals surface area contributed by atoms with Crippen molar-refractivity contribution in [3.63, 3.8) is 0 Å². The molecule has 0 bridgehead atoms. The van der Waals surface area contributed by atoms with Gasteiger partial charge in [0.2, 0.25) is 5.91 Å². The lowest BCUT2D eigenvalue weighted by molar-refractivity contribution is -0.131. The Morgan fingerprint density at radius 2 is 1.59 bits per heavy atom. The average Bonchev–Trinajstić information content (AvgIpc) is 3.32. The Balaban J connectivity index is 1.22. The number of carbonyl (C=O) groups excluding carboxylic acids is 2. The molecule has 0 radical (unpaired) electrons. The normalized spacial score (nSPS) is 16.8. The van der Waals surface area contributed by atoms with Gasteiger partial charge in [0, 0.05) is 49.7 Å². The Morgan fingerprint density at radius 3 is 2.28 bits per heavy atom. The van der Waals surface area contributed by atoms with E-state index in [0.717, 1.165) is 44.2 Å². The van der Waals surface area contributed by atoms with Crippen LogP contribution < -0.4 is 15.5 Å². The molecule has 1 saturated carbocycles. The summed E-state index contributed by atoms with van der Waals surface area (Å²) in [6.07, 6.45) is 6.95. The lowest BCUT2D eigenvalue weighted by Gasteiger charge is -2.36. The fraction of sp³-hybridized carbons (Fsp3) is 0.440. The number of nitrogens with zero attached hydrogens (tertiary/aromatic N) is 2. The third-order valence-electron chi connectivity index (χ3n) is 6.45. The smallest absolute Gasteiger partial charge is 0.323 e. The highest BCUT2D eigenvalue weighted by Gasteiger charge is 2.23. The van der Waals surface area contributed by atoms with Gasteiger partial charge in [-0.25, -0.2) is 9.18 Å². The predicted octanol–water partition coefficient (Wildman–Crippen LogP) is 5.09. The first kappa shape index (κ1) is 22.1. The highest BCUT2D eigenvalue weighted by Crippen LogP contribution is 2.29. The van der Waals surface area contributed by atoms with Crippen LogP contribution in [-0.4, -0.2) is 43.0 Å². The Hall–Kier alpha value is -3.09. The molecular weight excluding hydrogens is 407 g/mol. The van der Waals surface area contributed by atoms with E-state index in [4.69, 9.17) is 0 Å². The molecular formula is C25H31FN4O2. The fourth-order valence-corrected chi connectivity index (χ4v) is 4.61. The molecule has 4 rings (SSSR count). The molecule has 2 aromatic carbocycles. The number of amides is 3. The number of hydrogen-bond donors (Lipinski definition) is 2. The molecule has 1 saturated heterocycles. The van der Waals surface area contributed by atoms with Gasteiger partial charge in [-0.1, -0.05) is 31.7 Å². The second-order valence-electron chi connectivity index (χ2n) is 8.69. The zero-order chi connectivity index (χ0) is 22.3. The number of carbonyl (C=O) groups is 2. The van der Waals surface area contributed by atoms with E-state index in [1.807, 2.05) is 29.2 Å². The number of halogens is 1. The van der Waals surface area contributed by atoms with Crippen molar-refractivity contribution in [2.45, 2.75) is 38.5 Å². The molecule has 0 spiro atoms. The molecule has 1 aliphatic carbocycles. The Morgan fingerprint density at radius 1 is 0.906 bits per heavy atom. The van der Waals surface area contributed by atoms with Crippen molar-refractivity contribution >= 4 is 29.0 Å². The number of nitrogens with one attached hydrogen (secondary N) is 2. The second kappa shape index (κ2) is 10.5. The summed E-state index contributed by atoms with van der Waals surface area (Å²) >= 11 is 0. The molecule has 0 atom stereocenters. The highest BCUT2D eigenvalue weighted by atomic mass is 19.1. The molecule has 2 aromatic rings. The van der Waals surface area contributed by atoms with Crippen LogP contribution in [0.1, 0.15) is 38.5 Å². The van der Waals surface area contributed by atoms with Gasteiger partial charge in [-0.15, -0.1) is 0 Å². The highest BCUT2D eigenvalue weighted by molar-refractivity contribution is 5.99. The first-order valence-electron chi connectivity index (χ1n) is 11.5. The van der Waals surface area contributed by atoms with Crippen LogP contribution in [0.25, 0.3) is 0 Å². The molecule has 1 heterocycles. The zero-order valence-electron chi connectivity index (χ0n) is 18.4. The number of urea groups is 1. The van der Waals surface area contributed by atoms with Gasteiger partial charge in [0.05, 0.1) is 0 Å². The van der Waals surface area contributed by atoms with Gasteiger partial charge in [-0.2, -0.15) is 0 Å². The number of hydrogen-bond acceptors (Lipinski definition) is 3. The number of piperazine rings is 1. The van der Waals surface area contributed by atoms with E-state index in [2.05, 4.69) is 15.5 Å². The van der Waals surface area contributed by atoms with Crippen LogP contribution in [0.5, 0.6) is 0 Å². The number of benzene rings is 2. The van der Waals surface area contributed by atoms with Crippen molar-refractivity contribution in [3.8, 4) is 0 Å². The summed E-state index contributed by atoms with van der Waals surface area (Å²) in [5, 5.41) is 5.37. The standard InChI is InChI=1S/C25H31FN4O2/c26-20-6-3-7-22(18-20)28-25(32)27-21-9-11-23(12-10-21)29-14-16-30(17-15-29)24(31)13-8-19-4-1-2-5-19/h3,6-7,9-12,18-19H,1-2,4-5,8,13-17H2,(H2,27,28,32). The largest absolute Gasteiger partial charge is 0.368 e. The molecule has 3 amide bonds. The lowest BCUT2D eigenvalue weighted by Crippen LogP contribution is -2.48. The minimum Gasteiger partial charge on any atom is -0.368 e. The summed E-state index contributed by atoms with van der Waals surface area (Å²) in [7, 11) is 0. The van der Waals surface area contributed by atoms with Crippen LogP contribution in [0.15, 0.2) is 48.5 Å². The Labute approximate surface area is 188 Å². The van der Waals surface area contributed by atoms with Gasteiger partial charge in [-0.3, -0.25) is 4.79 Å². The minimum atomic E-state index is -0.423. The molecule has 170 valence electrons. The van der Waals surface area contributed by atoms with Gasteiger partial charge in [0.25, 0.3) is 0 Å².